The first-order valence-corrected chi connectivity index (χ1v) is 11.5. The minimum atomic E-state index is -3.49. The van der Waals surface area contributed by atoms with E-state index in [4.69, 9.17) is 4.74 Å². The van der Waals surface area contributed by atoms with Crippen LogP contribution in [-0.4, -0.2) is 85.3 Å². The maximum atomic E-state index is 13.0. The molecule has 0 radical (unpaired) electrons. The lowest BCUT2D eigenvalue weighted by atomic mass is 9.92. The maximum absolute atomic E-state index is 13.0. The Bertz CT molecular complexity index is 776. The Balaban J connectivity index is 1.83. The number of morpholine rings is 1. The SMILES string of the molecule is CCN(CC)S(=O)(=O)N1CCC[C@@H](c2ncccc2C(=O)N2CCOCC2)C1. The second kappa shape index (κ2) is 9.30. The number of rotatable bonds is 6. The molecule has 3 rings (SSSR count). The summed E-state index contributed by atoms with van der Waals surface area (Å²) in [7, 11) is -3.49. The molecule has 2 fully saturated rings. The number of carbonyl (C=O) groups excluding carboxylic acids is 1. The fourth-order valence-corrected chi connectivity index (χ4v) is 5.66. The molecule has 2 aliphatic rings. The van der Waals surface area contributed by atoms with Crippen LogP contribution in [0, 0.1) is 0 Å². The molecular weight excluding hydrogens is 380 g/mol. The van der Waals surface area contributed by atoms with Crippen molar-refractivity contribution in [1.29, 1.82) is 0 Å². The molecule has 156 valence electrons. The predicted octanol–water partition coefficient (Wildman–Crippen LogP) is 1.32. The molecule has 1 aromatic rings. The number of ether oxygens (including phenoxy) is 1. The molecule has 3 heterocycles. The zero-order valence-electron chi connectivity index (χ0n) is 16.7. The van der Waals surface area contributed by atoms with Gasteiger partial charge >= 0.3 is 0 Å². The van der Waals surface area contributed by atoms with E-state index in [9.17, 15) is 13.2 Å². The number of piperidine rings is 1. The minimum absolute atomic E-state index is 0.0462. The molecule has 0 N–H and O–H groups in total. The molecular formula is C19H30N4O4S. The van der Waals surface area contributed by atoms with Gasteiger partial charge in [-0.25, -0.2) is 0 Å². The lowest BCUT2D eigenvalue weighted by Crippen LogP contribution is -2.47. The van der Waals surface area contributed by atoms with Gasteiger partial charge in [0, 0.05) is 51.4 Å². The van der Waals surface area contributed by atoms with Crippen molar-refractivity contribution in [2.45, 2.75) is 32.6 Å². The van der Waals surface area contributed by atoms with Crippen LogP contribution in [0.2, 0.25) is 0 Å². The monoisotopic (exact) mass is 410 g/mol. The van der Waals surface area contributed by atoms with Crippen LogP contribution in [0.5, 0.6) is 0 Å². The van der Waals surface area contributed by atoms with Gasteiger partial charge in [-0.15, -0.1) is 0 Å². The number of amides is 1. The molecule has 9 heteroatoms. The second-order valence-electron chi connectivity index (χ2n) is 7.13. The highest BCUT2D eigenvalue weighted by Crippen LogP contribution is 2.30. The van der Waals surface area contributed by atoms with E-state index >= 15 is 0 Å². The van der Waals surface area contributed by atoms with Gasteiger partial charge in [0.15, 0.2) is 0 Å². The molecule has 0 bridgehead atoms. The van der Waals surface area contributed by atoms with E-state index in [1.807, 2.05) is 13.8 Å². The van der Waals surface area contributed by atoms with Crippen molar-refractivity contribution in [3.63, 3.8) is 0 Å². The molecule has 0 aliphatic carbocycles. The highest BCUT2D eigenvalue weighted by molar-refractivity contribution is 7.86. The highest BCUT2D eigenvalue weighted by Gasteiger charge is 2.35. The van der Waals surface area contributed by atoms with Gasteiger partial charge in [0.25, 0.3) is 16.1 Å². The first-order valence-electron chi connectivity index (χ1n) is 10.1. The average Bonchev–Trinajstić information content (AvgIpc) is 2.74. The third-order valence-electron chi connectivity index (χ3n) is 5.50. The van der Waals surface area contributed by atoms with Crippen molar-refractivity contribution >= 4 is 16.1 Å². The number of aromatic nitrogens is 1. The molecule has 0 aromatic carbocycles. The maximum Gasteiger partial charge on any atom is 0.281 e. The third kappa shape index (κ3) is 4.37. The van der Waals surface area contributed by atoms with Gasteiger partial charge in [-0.05, 0) is 25.0 Å². The van der Waals surface area contributed by atoms with Crippen LogP contribution in [0.3, 0.4) is 0 Å². The van der Waals surface area contributed by atoms with Gasteiger partial charge in [0.05, 0.1) is 24.5 Å². The number of hydrogen-bond donors (Lipinski definition) is 0. The Morgan fingerprint density at radius 3 is 2.64 bits per heavy atom. The molecule has 2 saturated heterocycles. The third-order valence-corrected chi connectivity index (χ3v) is 7.65. The zero-order chi connectivity index (χ0) is 20.1. The fraction of sp³-hybridized carbons (Fsp3) is 0.684. The van der Waals surface area contributed by atoms with Gasteiger partial charge in [0.2, 0.25) is 0 Å². The highest BCUT2D eigenvalue weighted by atomic mass is 32.2. The van der Waals surface area contributed by atoms with E-state index in [1.165, 1.54) is 4.31 Å². The van der Waals surface area contributed by atoms with E-state index in [0.717, 1.165) is 12.8 Å². The fourth-order valence-electron chi connectivity index (χ4n) is 3.95. The summed E-state index contributed by atoms with van der Waals surface area (Å²) in [5.41, 5.74) is 1.29. The molecule has 1 aromatic heterocycles. The van der Waals surface area contributed by atoms with Gasteiger partial charge in [-0.1, -0.05) is 13.8 Å². The van der Waals surface area contributed by atoms with Gasteiger partial charge in [-0.3, -0.25) is 9.78 Å². The summed E-state index contributed by atoms with van der Waals surface area (Å²) in [6, 6.07) is 3.57. The minimum Gasteiger partial charge on any atom is -0.378 e. The van der Waals surface area contributed by atoms with Gasteiger partial charge in [0.1, 0.15) is 0 Å². The Kier molecular flexibility index (Phi) is 7.03. The van der Waals surface area contributed by atoms with Crippen molar-refractivity contribution < 1.29 is 17.9 Å². The number of carbonyl (C=O) groups is 1. The first-order chi connectivity index (χ1) is 13.5. The van der Waals surface area contributed by atoms with Crippen molar-refractivity contribution in [2.24, 2.45) is 0 Å². The average molecular weight is 411 g/mol. The Morgan fingerprint density at radius 1 is 1.25 bits per heavy atom. The number of nitrogens with zero attached hydrogens (tertiary/aromatic N) is 4. The van der Waals surface area contributed by atoms with Gasteiger partial charge < -0.3 is 9.64 Å². The summed E-state index contributed by atoms with van der Waals surface area (Å²) < 4.78 is 34.2. The molecule has 0 saturated carbocycles. The van der Waals surface area contributed by atoms with Crippen LogP contribution < -0.4 is 0 Å². The van der Waals surface area contributed by atoms with E-state index in [2.05, 4.69) is 4.98 Å². The van der Waals surface area contributed by atoms with E-state index in [-0.39, 0.29) is 11.8 Å². The quantitative estimate of drug-likeness (QED) is 0.706. The second-order valence-corrected chi connectivity index (χ2v) is 9.06. The van der Waals surface area contributed by atoms with Crippen molar-refractivity contribution in [2.75, 3.05) is 52.5 Å². The lowest BCUT2D eigenvalue weighted by molar-refractivity contribution is 0.0301. The van der Waals surface area contributed by atoms with E-state index < -0.39 is 10.2 Å². The van der Waals surface area contributed by atoms with E-state index in [1.54, 1.807) is 27.5 Å². The smallest absolute Gasteiger partial charge is 0.281 e. The Labute approximate surface area is 167 Å². The Hall–Kier alpha value is -1.55. The first kappa shape index (κ1) is 21.2. The van der Waals surface area contributed by atoms with Crippen LogP contribution in [0.25, 0.3) is 0 Å². The van der Waals surface area contributed by atoms with Crippen LogP contribution in [0.15, 0.2) is 18.3 Å². The zero-order valence-corrected chi connectivity index (χ0v) is 17.5. The van der Waals surface area contributed by atoms with Crippen LogP contribution in [0.4, 0.5) is 0 Å². The lowest BCUT2D eigenvalue weighted by Gasteiger charge is -2.35. The van der Waals surface area contributed by atoms with Crippen molar-refractivity contribution in [3.05, 3.63) is 29.6 Å². The molecule has 28 heavy (non-hydrogen) atoms. The topological polar surface area (TPSA) is 83.1 Å². The summed E-state index contributed by atoms with van der Waals surface area (Å²) in [4.78, 5) is 19.3. The molecule has 0 spiro atoms. The standard InChI is InChI=1S/C19H30N4O4S/c1-3-22(4-2)28(25,26)23-10-6-7-16(15-23)18-17(8-5-9-20-18)19(24)21-11-13-27-14-12-21/h5,8-9,16H,3-4,6-7,10-15H2,1-2H3/t16-/m1/s1. The largest absolute Gasteiger partial charge is 0.378 e. The van der Waals surface area contributed by atoms with Crippen molar-refractivity contribution in [3.8, 4) is 0 Å². The molecule has 8 nitrogen and oxygen atoms in total. The van der Waals surface area contributed by atoms with Crippen LogP contribution in [0.1, 0.15) is 48.7 Å². The van der Waals surface area contributed by atoms with Crippen LogP contribution in [-0.2, 0) is 14.9 Å². The number of hydrogen-bond acceptors (Lipinski definition) is 5. The predicted molar refractivity (Wildman–Crippen MR) is 106 cm³/mol. The molecule has 1 atom stereocenters. The number of pyridine rings is 1. The summed E-state index contributed by atoms with van der Waals surface area (Å²) in [6.45, 7) is 7.69. The van der Waals surface area contributed by atoms with Crippen molar-refractivity contribution in [1.82, 2.24) is 18.5 Å². The molecule has 0 unspecified atom stereocenters. The van der Waals surface area contributed by atoms with Gasteiger partial charge in [-0.2, -0.15) is 17.0 Å². The molecule has 1 amide bonds. The Morgan fingerprint density at radius 2 is 1.96 bits per heavy atom. The normalized spacial score (nSPS) is 21.8. The van der Waals surface area contributed by atoms with E-state index in [0.29, 0.717) is 63.7 Å². The summed E-state index contributed by atoms with van der Waals surface area (Å²) in [6.07, 6.45) is 3.26. The molecule has 2 aliphatic heterocycles. The summed E-state index contributed by atoms with van der Waals surface area (Å²) in [5.74, 6) is -0.129. The summed E-state index contributed by atoms with van der Waals surface area (Å²) in [5, 5.41) is 0. The summed E-state index contributed by atoms with van der Waals surface area (Å²) >= 11 is 0. The van der Waals surface area contributed by atoms with Crippen LogP contribution >= 0.6 is 0 Å².